The Kier molecular flexibility index (Phi) is 3.51. The lowest BCUT2D eigenvalue weighted by molar-refractivity contribution is 0.407. The molecule has 140 valence electrons. The van der Waals surface area contributed by atoms with Crippen molar-refractivity contribution < 1.29 is 13.9 Å². The number of pyridine rings is 1. The van der Waals surface area contributed by atoms with Gasteiger partial charge in [-0.25, -0.2) is 19.0 Å². The van der Waals surface area contributed by atoms with Crippen LogP contribution in [0.15, 0.2) is 36.8 Å². The lowest BCUT2D eigenvalue weighted by Gasteiger charge is -2.12. The number of nitrogens with two attached hydrogens (primary N) is 1. The van der Waals surface area contributed by atoms with E-state index in [2.05, 4.69) is 20.1 Å². The highest BCUT2D eigenvalue weighted by molar-refractivity contribution is 5.98. The smallest absolute Gasteiger partial charge is 0.200 e. The molecule has 4 aromatic rings. The first-order valence-electron chi connectivity index (χ1n) is 8.65. The van der Waals surface area contributed by atoms with E-state index in [1.54, 1.807) is 10.9 Å². The van der Waals surface area contributed by atoms with E-state index in [4.69, 9.17) is 5.73 Å². The number of halogens is 2. The van der Waals surface area contributed by atoms with E-state index in [1.807, 2.05) is 12.1 Å². The molecule has 1 atom stereocenters. The molecule has 0 radical (unpaired) electrons. The molecule has 9 heteroatoms. The van der Waals surface area contributed by atoms with E-state index < -0.39 is 17.4 Å². The Morgan fingerprint density at radius 2 is 2.04 bits per heavy atom. The van der Waals surface area contributed by atoms with E-state index in [9.17, 15) is 13.9 Å². The van der Waals surface area contributed by atoms with Gasteiger partial charge in [0.25, 0.3) is 0 Å². The highest BCUT2D eigenvalue weighted by atomic mass is 19.2. The lowest BCUT2D eigenvalue weighted by atomic mass is 10.1. The zero-order valence-corrected chi connectivity index (χ0v) is 14.5. The number of rotatable bonds is 2. The number of phenols is 1. The van der Waals surface area contributed by atoms with Crippen LogP contribution in [0.4, 0.5) is 14.6 Å². The number of hydrogen-bond donors (Lipinski definition) is 2. The van der Waals surface area contributed by atoms with Crippen molar-refractivity contribution >= 4 is 16.9 Å². The quantitative estimate of drug-likeness (QED) is 0.554. The third-order valence-electron chi connectivity index (χ3n) is 5.03. The number of hydrogen-bond acceptors (Lipinski definition) is 6. The van der Waals surface area contributed by atoms with Crippen molar-refractivity contribution in [1.29, 1.82) is 0 Å². The van der Waals surface area contributed by atoms with E-state index in [0.717, 1.165) is 36.2 Å². The second-order valence-electron chi connectivity index (χ2n) is 6.64. The molecule has 0 aliphatic heterocycles. The first-order chi connectivity index (χ1) is 13.5. The maximum Gasteiger partial charge on any atom is 0.200 e. The van der Waals surface area contributed by atoms with Crippen LogP contribution in [0.1, 0.15) is 23.7 Å². The van der Waals surface area contributed by atoms with Crippen molar-refractivity contribution in [2.45, 2.75) is 18.9 Å². The first kappa shape index (κ1) is 16.5. The molecular formula is C19H14F2N6O. The number of anilines is 1. The predicted octanol–water partition coefficient (Wildman–Crippen LogP) is 2.99. The monoisotopic (exact) mass is 380 g/mol. The number of aryl methyl sites for hydroxylation is 1. The van der Waals surface area contributed by atoms with Crippen LogP contribution in [0.5, 0.6) is 5.75 Å². The van der Waals surface area contributed by atoms with Gasteiger partial charge < -0.3 is 10.8 Å². The SMILES string of the molecule is Nc1ncnc2c1c(-c1cc(O)c(F)c(F)c1)nn2C1CCc2ncccc21. The summed E-state index contributed by atoms with van der Waals surface area (Å²) in [7, 11) is 0. The summed E-state index contributed by atoms with van der Waals surface area (Å²) in [4.78, 5) is 12.7. The molecule has 3 heterocycles. The van der Waals surface area contributed by atoms with Crippen molar-refractivity contribution in [1.82, 2.24) is 24.7 Å². The number of aromatic hydroxyl groups is 1. The zero-order chi connectivity index (χ0) is 19.4. The van der Waals surface area contributed by atoms with E-state index in [0.29, 0.717) is 11.0 Å². The number of benzene rings is 1. The van der Waals surface area contributed by atoms with Gasteiger partial charge in [0.15, 0.2) is 23.0 Å². The van der Waals surface area contributed by atoms with Gasteiger partial charge in [-0.2, -0.15) is 9.49 Å². The number of fused-ring (bicyclic) bond motifs is 2. The molecule has 0 saturated heterocycles. The summed E-state index contributed by atoms with van der Waals surface area (Å²) < 4.78 is 29.1. The summed E-state index contributed by atoms with van der Waals surface area (Å²) in [6, 6.07) is 5.81. The molecular weight excluding hydrogens is 366 g/mol. The molecule has 1 unspecified atom stereocenters. The van der Waals surface area contributed by atoms with Crippen molar-refractivity contribution in [2.75, 3.05) is 5.73 Å². The minimum Gasteiger partial charge on any atom is -0.505 e. The number of phenolic OH excluding ortho intramolecular Hbond substituents is 1. The largest absolute Gasteiger partial charge is 0.505 e. The molecule has 0 bridgehead atoms. The van der Waals surface area contributed by atoms with E-state index >= 15 is 0 Å². The van der Waals surface area contributed by atoms with Crippen molar-refractivity contribution in [3.8, 4) is 17.0 Å². The normalized spacial score (nSPS) is 15.9. The second-order valence-corrected chi connectivity index (χ2v) is 6.64. The molecule has 0 fully saturated rings. The van der Waals surface area contributed by atoms with Gasteiger partial charge in [-0.15, -0.1) is 0 Å². The highest BCUT2D eigenvalue weighted by Gasteiger charge is 2.29. The Labute approximate surface area is 157 Å². The van der Waals surface area contributed by atoms with Crippen LogP contribution in [-0.2, 0) is 6.42 Å². The summed E-state index contributed by atoms with van der Waals surface area (Å²) in [6.07, 6.45) is 4.65. The minimum absolute atomic E-state index is 0.117. The minimum atomic E-state index is -1.31. The van der Waals surface area contributed by atoms with Gasteiger partial charge in [0.05, 0.1) is 11.4 Å². The Bertz CT molecular complexity index is 1220. The molecule has 3 aromatic heterocycles. The summed E-state index contributed by atoms with van der Waals surface area (Å²) in [5.74, 6) is -3.13. The Balaban J connectivity index is 1.77. The van der Waals surface area contributed by atoms with Crippen LogP contribution in [0.25, 0.3) is 22.3 Å². The molecule has 1 aliphatic carbocycles. The maximum atomic E-state index is 13.9. The van der Waals surface area contributed by atoms with E-state index in [1.165, 1.54) is 6.33 Å². The summed E-state index contributed by atoms with van der Waals surface area (Å²) in [6.45, 7) is 0. The van der Waals surface area contributed by atoms with Crippen LogP contribution < -0.4 is 5.73 Å². The molecule has 0 amide bonds. The average molecular weight is 380 g/mol. The van der Waals surface area contributed by atoms with Gasteiger partial charge in [-0.1, -0.05) is 6.07 Å². The van der Waals surface area contributed by atoms with Crippen LogP contribution in [0, 0.1) is 11.6 Å². The van der Waals surface area contributed by atoms with Gasteiger partial charge in [-0.05, 0) is 36.6 Å². The molecule has 28 heavy (non-hydrogen) atoms. The van der Waals surface area contributed by atoms with Crippen molar-refractivity contribution in [3.63, 3.8) is 0 Å². The Morgan fingerprint density at radius 1 is 1.18 bits per heavy atom. The third kappa shape index (κ3) is 2.32. The van der Waals surface area contributed by atoms with Crippen molar-refractivity contribution in [2.24, 2.45) is 0 Å². The number of nitrogens with zero attached hydrogens (tertiary/aromatic N) is 5. The van der Waals surface area contributed by atoms with Gasteiger partial charge in [0.2, 0.25) is 0 Å². The molecule has 1 aliphatic rings. The van der Waals surface area contributed by atoms with Gasteiger partial charge in [0, 0.05) is 17.5 Å². The highest BCUT2D eigenvalue weighted by Crippen LogP contribution is 2.39. The topological polar surface area (TPSA) is 103 Å². The van der Waals surface area contributed by atoms with Gasteiger partial charge >= 0.3 is 0 Å². The molecule has 5 rings (SSSR count). The fraction of sp³-hybridized carbons (Fsp3) is 0.158. The number of nitrogen functional groups attached to an aromatic ring is 1. The molecule has 1 aromatic carbocycles. The van der Waals surface area contributed by atoms with Crippen LogP contribution in [0.3, 0.4) is 0 Å². The van der Waals surface area contributed by atoms with E-state index in [-0.39, 0.29) is 23.1 Å². The maximum absolute atomic E-state index is 13.9. The fourth-order valence-electron chi connectivity index (χ4n) is 3.77. The molecule has 0 saturated carbocycles. The fourth-order valence-corrected chi connectivity index (χ4v) is 3.77. The predicted molar refractivity (Wildman–Crippen MR) is 97.4 cm³/mol. The summed E-state index contributed by atoms with van der Waals surface area (Å²) >= 11 is 0. The molecule has 7 nitrogen and oxygen atoms in total. The Hall–Kier alpha value is -3.62. The first-order valence-corrected chi connectivity index (χ1v) is 8.65. The summed E-state index contributed by atoms with van der Waals surface area (Å²) in [5, 5.41) is 14.8. The van der Waals surface area contributed by atoms with Gasteiger partial charge in [-0.3, -0.25) is 4.98 Å². The molecule has 3 N–H and O–H groups in total. The lowest BCUT2D eigenvalue weighted by Crippen LogP contribution is -2.10. The van der Waals surface area contributed by atoms with Crippen LogP contribution >= 0.6 is 0 Å². The van der Waals surface area contributed by atoms with Gasteiger partial charge in [0.1, 0.15) is 17.8 Å². The van der Waals surface area contributed by atoms with Crippen molar-refractivity contribution in [3.05, 3.63) is 59.7 Å². The zero-order valence-electron chi connectivity index (χ0n) is 14.5. The third-order valence-corrected chi connectivity index (χ3v) is 5.03. The average Bonchev–Trinajstić information content (AvgIpc) is 3.28. The molecule has 0 spiro atoms. The standard InChI is InChI=1S/C19H14F2N6O/c20-11-6-9(7-14(28)16(11)21)17-15-18(22)24-8-25-19(15)27(26-17)13-4-3-12-10(13)2-1-5-23-12/h1-2,5-8,13,28H,3-4H2,(H2,22,24,25). The van der Waals surface area contributed by atoms with Crippen LogP contribution in [-0.4, -0.2) is 29.8 Å². The second kappa shape index (κ2) is 5.95. The number of aromatic nitrogens is 5. The Morgan fingerprint density at radius 3 is 2.86 bits per heavy atom. The van der Waals surface area contributed by atoms with Crippen LogP contribution in [0.2, 0.25) is 0 Å². The summed E-state index contributed by atoms with van der Waals surface area (Å²) in [5.41, 5.74) is 9.03.